The van der Waals surface area contributed by atoms with Crippen molar-refractivity contribution < 1.29 is 15.0 Å². The number of aromatic nitrogens is 1. The van der Waals surface area contributed by atoms with E-state index in [1.165, 1.54) is 0 Å². The zero-order chi connectivity index (χ0) is 18.1. The summed E-state index contributed by atoms with van der Waals surface area (Å²) in [5.41, 5.74) is 3.02. The van der Waals surface area contributed by atoms with E-state index in [1.54, 1.807) is 12.1 Å². The van der Waals surface area contributed by atoms with Gasteiger partial charge in [-0.15, -0.1) is 0 Å². The second-order valence-electron chi connectivity index (χ2n) is 6.60. The average Bonchev–Trinajstić information content (AvgIpc) is 2.56. The van der Waals surface area contributed by atoms with Crippen molar-refractivity contribution in [3.8, 4) is 5.75 Å². The highest BCUT2D eigenvalue weighted by molar-refractivity contribution is 6.29. The number of fused-ring (bicyclic) bond motifs is 1. The molecule has 0 fully saturated rings. The molecule has 130 valence electrons. The molecule has 1 heterocycles. The molecule has 4 nitrogen and oxygen atoms in total. The summed E-state index contributed by atoms with van der Waals surface area (Å²) in [6.45, 7) is 4.08. The first-order valence-corrected chi connectivity index (χ1v) is 8.68. The first-order valence-electron chi connectivity index (χ1n) is 8.30. The molecule has 2 N–H and O–H groups in total. The number of aromatic hydroxyl groups is 1. The summed E-state index contributed by atoms with van der Waals surface area (Å²) in [5, 5.41) is 21.5. The van der Waals surface area contributed by atoms with Gasteiger partial charge < -0.3 is 10.2 Å². The van der Waals surface area contributed by atoms with Crippen LogP contribution < -0.4 is 0 Å². The number of hydrogen-bond acceptors (Lipinski definition) is 3. The van der Waals surface area contributed by atoms with Crippen molar-refractivity contribution in [1.82, 2.24) is 4.98 Å². The molecule has 1 aliphatic carbocycles. The smallest absolute Gasteiger partial charge is 0.340 e. The molecule has 0 bridgehead atoms. The first kappa shape index (κ1) is 17.5. The Morgan fingerprint density at radius 2 is 2.04 bits per heavy atom. The van der Waals surface area contributed by atoms with Crippen LogP contribution in [-0.4, -0.2) is 21.2 Å². The molecule has 2 aromatic rings. The van der Waals surface area contributed by atoms with Gasteiger partial charge in [0.1, 0.15) is 5.56 Å². The number of halogens is 1. The molecule has 0 spiro atoms. The number of nitrogens with zero attached hydrogens (tertiary/aromatic N) is 1. The molecule has 5 heteroatoms. The maximum absolute atomic E-state index is 11.8. The summed E-state index contributed by atoms with van der Waals surface area (Å²) in [7, 11) is 0. The topological polar surface area (TPSA) is 70.4 Å². The lowest BCUT2D eigenvalue weighted by atomic mass is 9.94. The molecular formula is C20H20ClNO3. The first-order chi connectivity index (χ1) is 11.9. The molecule has 0 saturated heterocycles. The van der Waals surface area contributed by atoms with Gasteiger partial charge in [-0.2, -0.15) is 0 Å². The molecule has 1 aliphatic rings. The highest BCUT2D eigenvalue weighted by atomic mass is 35.5. The van der Waals surface area contributed by atoms with E-state index in [0.29, 0.717) is 23.0 Å². The molecule has 0 radical (unpaired) electrons. The molecule has 0 aliphatic heterocycles. The van der Waals surface area contributed by atoms with Crippen LogP contribution in [0.15, 0.2) is 41.0 Å². The van der Waals surface area contributed by atoms with Gasteiger partial charge in [0, 0.05) is 16.8 Å². The minimum atomic E-state index is -1.15. The van der Waals surface area contributed by atoms with Gasteiger partial charge in [-0.25, -0.2) is 9.78 Å². The van der Waals surface area contributed by atoms with Crippen LogP contribution in [0.3, 0.4) is 0 Å². The van der Waals surface area contributed by atoms with Gasteiger partial charge >= 0.3 is 5.97 Å². The van der Waals surface area contributed by atoms with E-state index in [2.05, 4.69) is 4.98 Å². The highest BCUT2D eigenvalue weighted by Crippen LogP contribution is 2.35. The van der Waals surface area contributed by atoms with Crippen LogP contribution >= 0.6 is 11.6 Å². The molecule has 3 rings (SSSR count). The van der Waals surface area contributed by atoms with Crippen LogP contribution in [0, 0.1) is 0 Å². The van der Waals surface area contributed by atoms with E-state index < -0.39 is 5.97 Å². The van der Waals surface area contributed by atoms with Gasteiger partial charge in [-0.05, 0) is 30.4 Å². The number of carbonyl (C=O) groups is 1. The Labute approximate surface area is 151 Å². The fraction of sp³-hybridized carbons (Fsp3) is 0.300. The predicted octanol–water partition coefficient (Wildman–Crippen LogP) is 5.15. The van der Waals surface area contributed by atoms with Crippen LogP contribution in [0.4, 0.5) is 0 Å². The second kappa shape index (κ2) is 6.89. The van der Waals surface area contributed by atoms with E-state index in [1.807, 2.05) is 32.1 Å². The largest absolute Gasteiger partial charge is 0.505 e. The van der Waals surface area contributed by atoms with E-state index in [0.717, 1.165) is 29.0 Å². The maximum atomic E-state index is 11.8. The summed E-state index contributed by atoms with van der Waals surface area (Å²) in [5.74, 6) is -1.19. The number of hydrogen-bond donors (Lipinski definition) is 2. The number of allylic oxidation sites excluding steroid dienone is 4. The van der Waals surface area contributed by atoms with Crippen molar-refractivity contribution in [1.29, 1.82) is 0 Å². The second-order valence-corrected chi connectivity index (χ2v) is 7.09. The third kappa shape index (κ3) is 3.40. The number of aromatic carboxylic acids is 1. The Hall–Kier alpha value is -2.33. The summed E-state index contributed by atoms with van der Waals surface area (Å²) in [4.78, 5) is 16.4. The fourth-order valence-electron chi connectivity index (χ4n) is 3.17. The van der Waals surface area contributed by atoms with E-state index in [4.69, 9.17) is 11.6 Å². The van der Waals surface area contributed by atoms with E-state index in [9.17, 15) is 15.0 Å². The van der Waals surface area contributed by atoms with Crippen molar-refractivity contribution in [2.45, 2.75) is 39.0 Å². The zero-order valence-electron chi connectivity index (χ0n) is 14.2. The van der Waals surface area contributed by atoms with Crippen LogP contribution in [0.1, 0.15) is 54.2 Å². The summed E-state index contributed by atoms with van der Waals surface area (Å²) >= 11 is 5.99. The number of carboxylic acids is 1. The average molecular weight is 358 g/mol. The number of rotatable bonds is 4. The minimum absolute atomic E-state index is 0.0764. The van der Waals surface area contributed by atoms with Crippen molar-refractivity contribution in [3.63, 3.8) is 0 Å². The summed E-state index contributed by atoms with van der Waals surface area (Å²) < 4.78 is 0. The lowest BCUT2D eigenvalue weighted by Gasteiger charge is -2.16. The van der Waals surface area contributed by atoms with Gasteiger partial charge in [0.2, 0.25) is 0 Å². The molecule has 0 unspecified atom stereocenters. The Kier molecular flexibility index (Phi) is 4.82. The predicted molar refractivity (Wildman–Crippen MR) is 99.4 cm³/mol. The Morgan fingerprint density at radius 3 is 2.64 bits per heavy atom. The monoisotopic (exact) mass is 357 g/mol. The normalized spacial score (nSPS) is 14.6. The Balaban J connectivity index is 2.20. The zero-order valence-corrected chi connectivity index (χ0v) is 15.0. The van der Waals surface area contributed by atoms with Crippen LogP contribution in [-0.2, 0) is 6.42 Å². The minimum Gasteiger partial charge on any atom is -0.505 e. The Bertz CT molecular complexity index is 913. The summed E-state index contributed by atoms with van der Waals surface area (Å²) in [6, 6.07) is 5.46. The lowest BCUT2D eigenvalue weighted by molar-refractivity contribution is 0.0695. The van der Waals surface area contributed by atoms with Crippen molar-refractivity contribution >= 4 is 28.5 Å². The van der Waals surface area contributed by atoms with Crippen LogP contribution in [0.25, 0.3) is 10.9 Å². The molecular weight excluding hydrogens is 338 g/mol. The van der Waals surface area contributed by atoms with Gasteiger partial charge in [0.25, 0.3) is 0 Å². The molecule has 25 heavy (non-hydrogen) atoms. The van der Waals surface area contributed by atoms with Crippen molar-refractivity contribution in [2.75, 3.05) is 0 Å². The number of carboxylic acid groups (broad SMARTS) is 1. The Morgan fingerprint density at radius 1 is 1.28 bits per heavy atom. The molecule has 1 aromatic heterocycles. The van der Waals surface area contributed by atoms with Gasteiger partial charge in [0.05, 0.1) is 11.2 Å². The van der Waals surface area contributed by atoms with Gasteiger partial charge in [-0.1, -0.05) is 55.3 Å². The third-order valence-corrected chi connectivity index (χ3v) is 4.82. The number of benzene rings is 1. The highest BCUT2D eigenvalue weighted by Gasteiger charge is 2.22. The van der Waals surface area contributed by atoms with Crippen LogP contribution in [0.2, 0.25) is 0 Å². The third-order valence-electron chi connectivity index (χ3n) is 4.51. The molecule has 0 amide bonds. The molecule has 0 atom stereocenters. The van der Waals surface area contributed by atoms with E-state index in [-0.39, 0.29) is 17.2 Å². The van der Waals surface area contributed by atoms with Gasteiger partial charge in [-0.3, -0.25) is 0 Å². The van der Waals surface area contributed by atoms with Crippen LogP contribution in [0.5, 0.6) is 5.75 Å². The van der Waals surface area contributed by atoms with Gasteiger partial charge in [0.15, 0.2) is 5.75 Å². The molecule has 1 aromatic carbocycles. The standard InChI is InChI=1S/C20H20ClNO3/c1-11(2)14-4-3-5-15-17(20(24)25)19(23)16(22-18(14)15)10-12-6-8-13(21)9-7-12/h3-6,8,11,23H,7,9-10H2,1-2H3,(H,24,25). The number of pyridine rings is 1. The maximum Gasteiger partial charge on any atom is 0.340 e. The van der Waals surface area contributed by atoms with E-state index >= 15 is 0 Å². The van der Waals surface area contributed by atoms with Crippen molar-refractivity contribution in [2.24, 2.45) is 0 Å². The summed E-state index contributed by atoms with van der Waals surface area (Å²) in [6.07, 6.45) is 5.71. The lowest BCUT2D eigenvalue weighted by Crippen LogP contribution is -2.07. The quantitative estimate of drug-likeness (QED) is 0.794. The van der Waals surface area contributed by atoms with Crippen molar-refractivity contribution in [3.05, 3.63) is 57.8 Å². The SMILES string of the molecule is CC(C)c1cccc2c(C(=O)O)c(O)c(CC3=CC=C(Cl)CC3)nc12. The molecule has 0 saturated carbocycles. The number of para-hydroxylation sites is 1. The fourth-order valence-corrected chi connectivity index (χ4v) is 3.33.